The van der Waals surface area contributed by atoms with E-state index < -0.39 is 23.8 Å². The first-order chi connectivity index (χ1) is 9.73. The molecule has 7 nitrogen and oxygen atoms in total. The Morgan fingerprint density at radius 1 is 1.52 bits per heavy atom. The Labute approximate surface area is 125 Å². The molecule has 1 fully saturated rings. The third-order valence-electron chi connectivity index (χ3n) is 3.21. The van der Waals surface area contributed by atoms with Gasteiger partial charge < -0.3 is 25.2 Å². The maximum absolute atomic E-state index is 11.8. The van der Waals surface area contributed by atoms with Crippen molar-refractivity contribution in [1.29, 1.82) is 0 Å². The van der Waals surface area contributed by atoms with Crippen LogP contribution in [-0.2, 0) is 14.3 Å². The number of methoxy groups -OCH3 is 1. The highest BCUT2D eigenvalue weighted by molar-refractivity contribution is 5.80. The third kappa shape index (κ3) is 6.31. The van der Waals surface area contributed by atoms with Gasteiger partial charge in [-0.2, -0.15) is 0 Å². The number of amides is 2. The van der Waals surface area contributed by atoms with E-state index in [-0.39, 0.29) is 18.4 Å². The van der Waals surface area contributed by atoms with Crippen LogP contribution in [0.2, 0.25) is 0 Å². The average molecular weight is 302 g/mol. The molecule has 2 amide bonds. The fraction of sp³-hybridized carbons (Fsp3) is 0.857. The summed E-state index contributed by atoms with van der Waals surface area (Å²) in [5.74, 6) is -0.257. The summed E-state index contributed by atoms with van der Waals surface area (Å²) in [5, 5.41) is 15.5. The summed E-state index contributed by atoms with van der Waals surface area (Å²) < 4.78 is 10.1. The summed E-state index contributed by atoms with van der Waals surface area (Å²) in [7, 11) is 1.47. The number of aliphatic hydroxyl groups excluding tert-OH is 1. The molecule has 21 heavy (non-hydrogen) atoms. The molecular formula is C14H26N2O5. The molecule has 1 aliphatic rings. The Morgan fingerprint density at radius 3 is 2.67 bits per heavy atom. The van der Waals surface area contributed by atoms with Crippen molar-refractivity contribution in [2.24, 2.45) is 5.92 Å². The van der Waals surface area contributed by atoms with Crippen molar-refractivity contribution in [1.82, 2.24) is 10.6 Å². The van der Waals surface area contributed by atoms with E-state index in [1.807, 2.05) is 0 Å². The van der Waals surface area contributed by atoms with Crippen molar-refractivity contribution in [3.05, 3.63) is 0 Å². The second-order valence-corrected chi connectivity index (χ2v) is 6.29. The lowest BCUT2D eigenvalue weighted by atomic mass is 9.95. The normalized spacial score (nSPS) is 21.6. The number of aliphatic hydroxyl groups is 1. The zero-order valence-corrected chi connectivity index (χ0v) is 13.1. The van der Waals surface area contributed by atoms with Crippen molar-refractivity contribution >= 4 is 12.0 Å². The van der Waals surface area contributed by atoms with Gasteiger partial charge >= 0.3 is 6.09 Å². The van der Waals surface area contributed by atoms with Crippen LogP contribution in [0.25, 0.3) is 0 Å². The minimum absolute atomic E-state index is 0.0457. The molecule has 0 aromatic rings. The lowest BCUT2D eigenvalue weighted by Gasteiger charge is -2.27. The van der Waals surface area contributed by atoms with Gasteiger partial charge in [0.1, 0.15) is 5.60 Å². The van der Waals surface area contributed by atoms with Gasteiger partial charge in [-0.15, -0.1) is 0 Å². The largest absolute Gasteiger partial charge is 0.444 e. The van der Waals surface area contributed by atoms with Gasteiger partial charge in [0.15, 0.2) is 0 Å². The van der Waals surface area contributed by atoms with Gasteiger partial charge in [0.25, 0.3) is 0 Å². The Bertz CT molecular complexity index is 367. The molecule has 1 rings (SSSR count). The first kappa shape index (κ1) is 17.7. The van der Waals surface area contributed by atoms with Gasteiger partial charge in [-0.1, -0.05) is 0 Å². The highest BCUT2D eigenvalue weighted by Crippen LogP contribution is 2.18. The molecule has 1 heterocycles. The molecule has 122 valence electrons. The fourth-order valence-electron chi connectivity index (χ4n) is 2.23. The summed E-state index contributed by atoms with van der Waals surface area (Å²) in [5.41, 5.74) is -0.619. The summed E-state index contributed by atoms with van der Waals surface area (Å²) in [6.07, 6.45) is -0.447. The smallest absolute Gasteiger partial charge is 0.407 e. The topological polar surface area (TPSA) is 96.9 Å². The number of hydrogen-bond acceptors (Lipinski definition) is 5. The van der Waals surface area contributed by atoms with Crippen LogP contribution in [0.3, 0.4) is 0 Å². The van der Waals surface area contributed by atoms with Gasteiger partial charge in [0.05, 0.1) is 18.8 Å². The quantitative estimate of drug-likeness (QED) is 0.660. The van der Waals surface area contributed by atoms with E-state index >= 15 is 0 Å². The maximum atomic E-state index is 11.8. The molecule has 0 aromatic carbocycles. The van der Waals surface area contributed by atoms with E-state index in [2.05, 4.69) is 10.6 Å². The average Bonchev–Trinajstić information content (AvgIpc) is 2.72. The van der Waals surface area contributed by atoms with Crippen LogP contribution in [0, 0.1) is 5.92 Å². The molecule has 0 aromatic heterocycles. The van der Waals surface area contributed by atoms with Crippen LogP contribution in [0.1, 0.15) is 33.6 Å². The summed E-state index contributed by atoms with van der Waals surface area (Å²) in [6.45, 7) is 5.99. The molecule has 1 unspecified atom stereocenters. The van der Waals surface area contributed by atoms with E-state index in [1.165, 1.54) is 7.11 Å². The van der Waals surface area contributed by atoms with Gasteiger partial charge in [-0.05, 0) is 33.6 Å². The van der Waals surface area contributed by atoms with E-state index in [0.717, 1.165) is 0 Å². The third-order valence-corrected chi connectivity index (χ3v) is 3.21. The molecule has 0 saturated carbocycles. The van der Waals surface area contributed by atoms with Gasteiger partial charge in [0.2, 0.25) is 5.91 Å². The maximum Gasteiger partial charge on any atom is 0.407 e. The molecular weight excluding hydrogens is 276 g/mol. The first-order valence-electron chi connectivity index (χ1n) is 7.17. The predicted octanol–water partition coefficient (Wildman–Crippen LogP) is 0.413. The Hall–Kier alpha value is -1.34. The second kappa shape index (κ2) is 7.61. The lowest BCUT2D eigenvalue weighted by Crippen LogP contribution is -2.48. The SMILES string of the molecule is COCC(O)[C@H](C[C@@H]1CCNC1=O)NC(=O)OC(C)(C)C. The molecule has 1 aliphatic heterocycles. The zero-order valence-electron chi connectivity index (χ0n) is 13.1. The van der Waals surface area contributed by atoms with E-state index in [4.69, 9.17) is 9.47 Å². The molecule has 0 aliphatic carbocycles. The summed E-state index contributed by atoms with van der Waals surface area (Å²) in [4.78, 5) is 23.5. The lowest BCUT2D eigenvalue weighted by molar-refractivity contribution is -0.123. The number of carbonyl (C=O) groups is 2. The van der Waals surface area contributed by atoms with Crippen LogP contribution in [0.5, 0.6) is 0 Å². The van der Waals surface area contributed by atoms with Crippen molar-refractivity contribution in [3.63, 3.8) is 0 Å². The molecule has 0 bridgehead atoms. The minimum atomic E-state index is -0.893. The first-order valence-corrected chi connectivity index (χ1v) is 7.17. The number of carbonyl (C=O) groups excluding carboxylic acids is 2. The fourth-order valence-corrected chi connectivity index (χ4v) is 2.23. The molecule has 0 radical (unpaired) electrons. The molecule has 0 spiro atoms. The number of rotatable bonds is 6. The Balaban J connectivity index is 2.63. The van der Waals surface area contributed by atoms with Gasteiger partial charge in [0, 0.05) is 19.6 Å². The van der Waals surface area contributed by atoms with E-state index in [0.29, 0.717) is 19.4 Å². The molecule has 3 atom stereocenters. The molecule has 3 N–H and O–H groups in total. The van der Waals surface area contributed by atoms with Gasteiger partial charge in [-0.3, -0.25) is 4.79 Å². The zero-order chi connectivity index (χ0) is 16.0. The number of nitrogens with one attached hydrogen (secondary N) is 2. The van der Waals surface area contributed by atoms with Crippen LogP contribution in [0.15, 0.2) is 0 Å². The monoisotopic (exact) mass is 302 g/mol. The predicted molar refractivity (Wildman–Crippen MR) is 76.8 cm³/mol. The Morgan fingerprint density at radius 2 is 2.19 bits per heavy atom. The number of hydrogen-bond donors (Lipinski definition) is 3. The van der Waals surface area contributed by atoms with Crippen LogP contribution in [0.4, 0.5) is 4.79 Å². The van der Waals surface area contributed by atoms with Crippen molar-refractivity contribution < 1.29 is 24.2 Å². The summed E-state index contributed by atoms with van der Waals surface area (Å²) >= 11 is 0. The van der Waals surface area contributed by atoms with Crippen LogP contribution in [-0.4, -0.2) is 55.1 Å². The molecule has 1 saturated heterocycles. The number of alkyl carbamates (subject to hydrolysis) is 1. The van der Waals surface area contributed by atoms with E-state index in [1.54, 1.807) is 20.8 Å². The van der Waals surface area contributed by atoms with Crippen LogP contribution < -0.4 is 10.6 Å². The highest BCUT2D eigenvalue weighted by atomic mass is 16.6. The van der Waals surface area contributed by atoms with Gasteiger partial charge in [-0.25, -0.2) is 4.79 Å². The van der Waals surface area contributed by atoms with Crippen molar-refractivity contribution in [3.8, 4) is 0 Å². The van der Waals surface area contributed by atoms with E-state index in [9.17, 15) is 14.7 Å². The number of ether oxygens (including phenoxy) is 2. The summed E-state index contributed by atoms with van der Waals surface area (Å²) in [6, 6.07) is -0.589. The van der Waals surface area contributed by atoms with Crippen molar-refractivity contribution in [2.75, 3.05) is 20.3 Å². The van der Waals surface area contributed by atoms with Crippen LogP contribution >= 0.6 is 0 Å². The van der Waals surface area contributed by atoms with Crippen molar-refractivity contribution in [2.45, 2.75) is 51.4 Å². The minimum Gasteiger partial charge on any atom is -0.444 e. The standard InChI is InChI=1S/C14H26N2O5/c1-14(2,3)21-13(19)16-10(11(17)8-20-4)7-9-5-6-15-12(9)18/h9-11,17H,5-8H2,1-4H3,(H,15,18)(H,16,19)/t9-,10-,11?/m0/s1. The highest BCUT2D eigenvalue weighted by Gasteiger charge is 2.32. The Kier molecular flexibility index (Phi) is 6.42. The second-order valence-electron chi connectivity index (χ2n) is 6.29. The molecule has 7 heteroatoms.